The summed E-state index contributed by atoms with van der Waals surface area (Å²) in [5, 5.41) is 0. The maximum absolute atomic E-state index is 14.5. The van der Waals surface area contributed by atoms with Crippen molar-refractivity contribution in [3.63, 3.8) is 0 Å². The van der Waals surface area contributed by atoms with Crippen LogP contribution in [0, 0.1) is 11.2 Å². The Balaban J connectivity index is 0.00000401. The fourth-order valence-corrected chi connectivity index (χ4v) is 7.13. The van der Waals surface area contributed by atoms with Crippen molar-refractivity contribution in [3.8, 4) is 22.6 Å². The van der Waals surface area contributed by atoms with Crippen LogP contribution in [0.5, 0.6) is 11.5 Å². The monoisotopic (exact) mass is 640 g/mol. The molecule has 246 valence electrons. The second kappa shape index (κ2) is 12.8. The highest BCUT2D eigenvalue weighted by atomic mass is 19.1. The lowest BCUT2D eigenvalue weighted by Crippen LogP contribution is -2.31. The zero-order valence-corrected chi connectivity index (χ0v) is 26.9. The molecule has 0 aliphatic carbocycles. The molecule has 5 aromatic rings. The van der Waals surface area contributed by atoms with Gasteiger partial charge in [0.1, 0.15) is 24.2 Å². The molecule has 2 fully saturated rings. The third kappa shape index (κ3) is 6.22. The molecule has 2 aliphatic rings. The number of imidazole rings is 1. The first-order valence-electron chi connectivity index (χ1n) is 16.1. The summed E-state index contributed by atoms with van der Waals surface area (Å²) in [6, 6.07) is 10.7. The van der Waals surface area contributed by atoms with Crippen molar-refractivity contribution >= 4 is 16.9 Å². The lowest BCUT2D eigenvalue weighted by Gasteiger charge is -2.26. The van der Waals surface area contributed by atoms with Gasteiger partial charge < -0.3 is 19.4 Å². The maximum atomic E-state index is 14.5. The molecule has 2 saturated heterocycles. The molecule has 7 rings (SSSR count). The summed E-state index contributed by atoms with van der Waals surface area (Å²) in [6.45, 7) is 9.60. The van der Waals surface area contributed by atoms with Crippen molar-refractivity contribution in [3.05, 3.63) is 89.0 Å². The molecule has 0 radical (unpaired) electrons. The zero-order chi connectivity index (χ0) is 32.5. The average molecular weight is 641 g/mol. The first-order valence-corrected chi connectivity index (χ1v) is 16.1. The Morgan fingerprint density at radius 3 is 2.68 bits per heavy atom. The highest BCUT2D eigenvalue weighted by molar-refractivity contribution is 5.76. The van der Waals surface area contributed by atoms with Gasteiger partial charge in [-0.1, -0.05) is 19.9 Å². The molecule has 0 amide bonds. The number of likely N-dealkylation sites (tertiary alicyclic amines) is 1. The summed E-state index contributed by atoms with van der Waals surface area (Å²) in [4.78, 5) is 37.9. The van der Waals surface area contributed by atoms with Gasteiger partial charge in [0.05, 0.1) is 36.1 Å². The van der Waals surface area contributed by atoms with Gasteiger partial charge >= 0.3 is 5.69 Å². The van der Waals surface area contributed by atoms with Crippen LogP contribution in [0.1, 0.15) is 45.3 Å². The van der Waals surface area contributed by atoms with Crippen molar-refractivity contribution in [1.29, 1.82) is 0 Å². The molecule has 1 atom stereocenters. The molecule has 5 heterocycles. The third-order valence-corrected chi connectivity index (χ3v) is 9.42. The Hall–Kier alpha value is -4.68. The second-order valence-corrected chi connectivity index (χ2v) is 13.0. The van der Waals surface area contributed by atoms with E-state index in [4.69, 9.17) is 9.47 Å². The summed E-state index contributed by atoms with van der Waals surface area (Å²) < 4.78 is 27.9. The standard InChI is InChI=1S/C35H39FN8O3.H2/c1-23(2)32-27(16-37-21-39-32)26-15-25(36)5-7-30(26)47-31-17-38-22-40-33(31)43-11-9-35(20-43)8-10-42(19-35)18-24-4-6-29-28(14-24)41-34(45)44(29)12-13-46-3;/h4-7,14-17,21-23H,8-13,18-20H2,1-3H3,(H,41,45);1H. The van der Waals surface area contributed by atoms with E-state index in [1.807, 2.05) is 19.9 Å². The van der Waals surface area contributed by atoms with Crippen LogP contribution < -0.4 is 15.3 Å². The largest absolute Gasteiger partial charge is 0.451 e. The molecule has 1 N–H and O–H groups in total. The van der Waals surface area contributed by atoms with E-state index in [-0.39, 0.29) is 24.3 Å². The predicted octanol–water partition coefficient (Wildman–Crippen LogP) is 5.63. The van der Waals surface area contributed by atoms with Gasteiger partial charge in [0.15, 0.2) is 11.6 Å². The molecule has 2 aliphatic heterocycles. The van der Waals surface area contributed by atoms with E-state index in [2.05, 4.69) is 46.9 Å². The molecule has 0 saturated carbocycles. The SMILES string of the molecule is COCCn1c(=O)[nH]c2cc(CN3CCC4(CCN(c5ncncc5Oc5ccc(F)cc5-c5cncnc5C(C)C)C4)C3)ccc21.[HH]. The fraction of sp³-hybridized carbons (Fsp3) is 0.400. The first kappa shape index (κ1) is 30.9. The Labute approximate surface area is 273 Å². The molecular weight excluding hydrogens is 599 g/mol. The number of aromatic amines is 1. The van der Waals surface area contributed by atoms with Crippen LogP contribution in [-0.2, 0) is 17.8 Å². The molecule has 11 nitrogen and oxygen atoms in total. The number of benzene rings is 2. The van der Waals surface area contributed by atoms with Crippen LogP contribution >= 0.6 is 0 Å². The molecule has 47 heavy (non-hydrogen) atoms. The molecule has 0 bridgehead atoms. The molecule has 1 unspecified atom stereocenters. The minimum absolute atomic E-state index is 0. The Bertz CT molecular complexity index is 1970. The summed E-state index contributed by atoms with van der Waals surface area (Å²) in [6.07, 6.45) is 8.57. The van der Waals surface area contributed by atoms with Crippen molar-refractivity contribution in [1.82, 2.24) is 34.4 Å². The topological polar surface area (TPSA) is 114 Å². The van der Waals surface area contributed by atoms with Gasteiger partial charge in [0, 0.05) is 57.5 Å². The fourth-order valence-electron chi connectivity index (χ4n) is 7.13. The van der Waals surface area contributed by atoms with Crippen LogP contribution in [0.15, 0.2) is 66.2 Å². The number of ether oxygens (including phenoxy) is 2. The lowest BCUT2D eigenvalue weighted by molar-refractivity contribution is 0.187. The van der Waals surface area contributed by atoms with Crippen LogP contribution in [-0.4, -0.2) is 74.3 Å². The van der Waals surface area contributed by atoms with E-state index in [0.717, 1.165) is 73.7 Å². The normalized spacial score (nSPS) is 18.3. The number of nitrogens with zero attached hydrogens (tertiary/aromatic N) is 7. The van der Waals surface area contributed by atoms with E-state index in [9.17, 15) is 9.18 Å². The van der Waals surface area contributed by atoms with E-state index in [1.54, 1.807) is 36.5 Å². The predicted molar refractivity (Wildman–Crippen MR) is 179 cm³/mol. The number of aromatic nitrogens is 6. The second-order valence-electron chi connectivity index (χ2n) is 13.0. The van der Waals surface area contributed by atoms with Crippen molar-refractivity contribution < 1.29 is 15.3 Å². The Kier molecular flexibility index (Phi) is 8.46. The van der Waals surface area contributed by atoms with Gasteiger partial charge in [0.25, 0.3) is 0 Å². The number of rotatable bonds is 10. The summed E-state index contributed by atoms with van der Waals surface area (Å²) >= 11 is 0. The van der Waals surface area contributed by atoms with Crippen LogP contribution in [0.25, 0.3) is 22.2 Å². The average Bonchev–Trinajstić information content (AvgIpc) is 3.76. The lowest BCUT2D eigenvalue weighted by atomic mass is 9.86. The number of hydrogen-bond acceptors (Lipinski definition) is 9. The first-order chi connectivity index (χ1) is 22.8. The minimum Gasteiger partial charge on any atom is -0.451 e. The van der Waals surface area contributed by atoms with E-state index in [1.165, 1.54) is 24.0 Å². The van der Waals surface area contributed by atoms with Crippen molar-refractivity contribution in [2.24, 2.45) is 5.41 Å². The molecule has 3 aromatic heterocycles. The van der Waals surface area contributed by atoms with Gasteiger partial charge in [-0.3, -0.25) is 9.47 Å². The molecule has 2 aromatic carbocycles. The van der Waals surface area contributed by atoms with E-state index < -0.39 is 0 Å². The number of nitrogens with one attached hydrogen (secondary N) is 1. The van der Waals surface area contributed by atoms with Gasteiger partial charge in [-0.25, -0.2) is 29.1 Å². The van der Waals surface area contributed by atoms with Gasteiger partial charge in [-0.2, -0.15) is 0 Å². The number of anilines is 1. The molecule has 12 heteroatoms. The zero-order valence-electron chi connectivity index (χ0n) is 26.9. The highest BCUT2D eigenvalue weighted by Crippen LogP contribution is 2.44. The van der Waals surface area contributed by atoms with Crippen molar-refractivity contribution in [2.45, 2.75) is 45.7 Å². The summed E-state index contributed by atoms with van der Waals surface area (Å²) in [5.41, 5.74) is 5.09. The smallest absolute Gasteiger partial charge is 0.326 e. The number of hydrogen-bond donors (Lipinski definition) is 1. The van der Waals surface area contributed by atoms with Crippen LogP contribution in [0.2, 0.25) is 0 Å². The third-order valence-electron chi connectivity index (χ3n) is 9.42. The van der Waals surface area contributed by atoms with E-state index in [0.29, 0.717) is 30.2 Å². The quantitative estimate of drug-likeness (QED) is 0.208. The number of fused-ring (bicyclic) bond motifs is 1. The Morgan fingerprint density at radius 1 is 1.00 bits per heavy atom. The van der Waals surface area contributed by atoms with Gasteiger partial charge in [0.2, 0.25) is 0 Å². The maximum Gasteiger partial charge on any atom is 0.326 e. The van der Waals surface area contributed by atoms with Gasteiger partial charge in [-0.05, 0) is 61.2 Å². The van der Waals surface area contributed by atoms with Crippen LogP contribution in [0.3, 0.4) is 0 Å². The molecule has 1 spiro atoms. The van der Waals surface area contributed by atoms with Crippen LogP contribution in [0.4, 0.5) is 10.2 Å². The Morgan fingerprint density at radius 2 is 1.83 bits per heavy atom. The highest BCUT2D eigenvalue weighted by Gasteiger charge is 2.44. The summed E-state index contributed by atoms with van der Waals surface area (Å²) in [5.74, 6) is 1.50. The number of H-pyrrole nitrogens is 1. The minimum atomic E-state index is -0.364. The molecular formula is C35H41FN8O3. The number of halogens is 1. The number of methoxy groups -OCH3 is 1. The van der Waals surface area contributed by atoms with Gasteiger partial charge in [-0.15, -0.1) is 0 Å². The summed E-state index contributed by atoms with van der Waals surface area (Å²) in [7, 11) is 1.64. The van der Waals surface area contributed by atoms with E-state index >= 15 is 0 Å². The van der Waals surface area contributed by atoms with Crippen molar-refractivity contribution in [2.75, 3.05) is 44.8 Å².